The molecule has 10 rings (SSSR count). The fourth-order valence-electron chi connectivity index (χ4n) is 8.45. The largest absolute Gasteiger partial charge is 0.493 e. The number of anilines is 3. The molecule has 0 spiro atoms. The lowest BCUT2D eigenvalue weighted by Crippen LogP contribution is -2.31. The summed E-state index contributed by atoms with van der Waals surface area (Å²) in [5, 5.41) is 13.2. The minimum Gasteiger partial charge on any atom is -0.493 e. The predicted octanol–water partition coefficient (Wildman–Crippen LogP) is 6.71. The molecule has 3 aromatic heterocycles. The van der Waals surface area contributed by atoms with Gasteiger partial charge in [-0.1, -0.05) is 0 Å². The molecule has 64 heavy (non-hydrogen) atoms. The molecule has 1 aliphatic carbocycles. The normalized spacial score (nSPS) is 21.3. The van der Waals surface area contributed by atoms with Crippen molar-refractivity contribution in [2.24, 2.45) is 5.92 Å². The highest BCUT2D eigenvalue weighted by molar-refractivity contribution is 5.96. The van der Waals surface area contributed by atoms with Gasteiger partial charge in [0.1, 0.15) is 53.0 Å². The highest BCUT2D eigenvalue weighted by atomic mass is 16.5. The van der Waals surface area contributed by atoms with Crippen LogP contribution in [0.4, 0.5) is 17.5 Å². The van der Waals surface area contributed by atoms with Crippen molar-refractivity contribution in [2.75, 3.05) is 85.0 Å². The standard InChI is InChI=1S/C17H21N3O3.C15H19N3O3.C14H17N3O3/c1-21-13-6-5-11-14(16(13)22-2)18-9-19-17(11)20-12-7-8-23-15(12)10-3-4-10;1-9-11(6-7-21-9)18-15-10-4-5-12(19-2)14(20-3)13(10)16-8-17-15;1-18-11-4-3-10-12(13(11)19-2)15-8-16-14(10)17-9-5-6-20-7-9/h5-6,9-10,12,15H,3-4,7-8H2,1-2H3,(H,18,19,20);4-5,8-9,11H,6-7H2,1-3H3,(H,16,17,18);3-4,8-9H,5-7H2,1-2H3,(H,15,16,17)/t12-,15+;;/m1../s1. The maximum absolute atomic E-state index is 5.90. The topological polar surface area (TPSA) is 196 Å². The van der Waals surface area contributed by atoms with E-state index in [9.17, 15) is 0 Å². The number of hydrogen-bond acceptors (Lipinski definition) is 18. The van der Waals surface area contributed by atoms with E-state index in [1.807, 2.05) is 36.4 Å². The lowest BCUT2D eigenvalue weighted by atomic mass is 10.1. The third-order valence-corrected chi connectivity index (χ3v) is 12.0. The molecule has 1 saturated carbocycles. The van der Waals surface area contributed by atoms with E-state index in [0.29, 0.717) is 65.2 Å². The molecule has 3 saturated heterocycles. The van der Waals surface area contributed by atoms with Gasteiger partial charge in [-0.05, 0) is 81.3 Å². The Labute approximate surface area is 372 Å². The van der Waals surface area contributed by atoms with E-state index in [2.05, 4.69) is 52.8 Å². The van der Waals surface area contributed by atoms with Gasteiger partial charge in [0.05, 0.1) is 79.6 Å². The van der Waals surface area contributed by atoms with Crippen LogP contribution in [0.3, 0.4) is 0 Å². The van der Waals surface area contributed by atoms with Gasteiger partial charge in [-0.2, -0.15) is 0 Å². The number of methoxy groups -OCH3 is 6. The molecule has 5 atom stereocenters. The van der Waals surface area contributed by atoms with Gasteiger partial charge in [-0.3, -0.25) is 0 Å². The summed E-state index contributed by atoms with van der Waals surface area (Å²) in [5.74, 6) is 7.00. The van der Waals surface area contributed by atoms with Crippen LogP contribution >= 0.6 is 0 Å². The van der Waals surface area contributed by atoms with Crippen LogP contribution in [-0.2, 0) is 14.2 Å². The van der Waals surface area contributed by atoms with Gasteiger partial charge in [-0.25, -0.2) is 29.9 Å². The Balaban J connectivity index is 0.000000132. The van der Waals surface area contributed by atoms with Crippen molar-refractivity contribution < 1.29 is 42.6 Å². The molecule has 3 aliphatic heterocycles. The summed E-state index contributed by atoms with van der Waals surface area (Å²) in [7, 11) is 9.69. The lowest BCUT2D eigenvalue weighted by Gasteiger charge is -2.21. The number of rotatable bonds is 13. The van der Waals surface area contributed by atoms with Crippen LogP contribution in [0.2, 0.25) is 0 Å². The van der Waals surface area contributed by atoms with Gasteiger partial charge in [0.2, 0.25) is 0 Å². The summed E-state index contributed by atoms with van der Waals surface area (Å²) in [5.41, 5.74) is 2.23. The summed E-state index contributed by atoms with van der Waals surface area (Å²) in [6.45, 7) is 5.16. The molecule has 4 fully saturated rings. The van der Waals surface area contributed by atoms with Crippen LogP contribution in [0.15, 0.2) is 55.4 Å². The van der Waals surface area contributed by atoms with Crippen LogP contribution in [0.5, 0.6) is 34.5 Å². The molecule has 0 radical (unpaired) electrons. The summed E-state index contributed by atoms with van der Waals surface area (Å²) in [6, 6.07) is 12.3. The molecule has 3 aromatic carbocycles. The first kappa shape index (κ1) is 44.4. The predicted molar refractivity (Wildman–Crippen MR) is 243 cm³/mol. The van der Waals surface area contributed by atoms with E-state index in [-0.39, 0.29) is 12.1 Å². The third-order valence-electron chi connectivity index (χ3n) is 12.0. The Morgan fingerprint density at radius 3 is 1.34 bits per heavy atom. The molecule has 340 valence electrons. The first-order valence-corrected chi connectivity index (χ1v) is 21.6. The first-order chi connectivity index (χ1) is 31.4. The summed E-state index contributed by atoms with van der Waals surface area (Å²) in [4.78, 5) is 26.1. The SMILES string of the molecule is COc1ccc2c(NC3CCOC3)ncnc2c1OC.COc1ccc2c(NC3CCOC3C)ncnc2c1OC.COc1ccc2c(N[C@@H]3CCO[C@H]3C3CC3)ncnc2c1OC. The molecule has 18 heteroatoms. The first-order valence-electron chi connectivity index (χ1n) is 21.6. The molecule has 18 nitrogen and oxygen atoms in total. The Morgan fingerprint density at radius 1 is 0.484 bits per heavy atom. The van der Waals surface area contributed by atoms with Crippen molar-refractivity contribution in [3.05, 3.63) is 55.4 Å². The lowest BCUT2D eigenvalue weighted by molar-refractivity contribution is 0.0898. The average Bonchev–Trinajstić information content (AvgIpc) is 3.60. The zero-order valence-electron chi connectivity index (χ0n) is 37.4. The maximum atomic E-state index is 5.90. The molecule has 3 N–H and O–H groups in total. The van der Waals surface area contributed by atoms with Crippen molar-refractivity contribution in [2.45, 2.75) is 69.4 Å². The van der Waals surface area contributed by atoms with Crippen LogP contribution in [0, 0.1) is 5.92 Å². The number of nitrogens with one attached hydrogen (secondary N) is 3. The molecular weight excluding hydrogens is 823 g/mol. The minimum atomic E-state index is 0.176. The van der Waals surface area contributed by atoms with Crippen molar-refractivity contribution in [3.63, 3.8) is 0 Å². The van der Waals surface area contributed by atoms with E-state index in [1.54, 1.807) is 49.0 Å². The quantitative estimate of drug-likeness (QED) is 0.111. The molecule has 6 heterocycles. The molecular formula is C46H57N9O9. The number of hydrogen-bond donors (Lipinski definition) is 3. The van der Waals surface area contributed by atoms with Crippen molar-refractivity contribution in [1.29, 1.82) is 0 Å². The van der Waals surface area contributed by atoms with E-state index in [1.165, 1.54) is 25.5 Å². The second kappa shape index (κ2) is 20.5. The molecule has 0 bridgehead atoms. The molecule has 4 aliphatic rings. The second-order valence-corrected chi connectivity index (χ2v) is 15.8. The van der Waals surface area contributed by atoms with Crippen LogP contribution in [0.25, 0.3) is 32.7 Å². The zero-order chi connectivity index (χ0) is 44.6. The zero-order valence-corrected chi connectivity index (χ0v) is 37.4. The smallest absolute Gasteiger partial charge is 0.187 e. The minimum absolute atomic E-state index is 0.176. The van der Waals surface area contributed by atoms with Gasteiger partial charge in [0.15, 0.2) is 34.5 Å². The highest BCUT2D eigenvalue weighted by Gasteiger charge is 2.41. The summed E-state index contributed by atoms with van der Waals surface area (Å²) in [6.07, 6.45) is 10.6. The monoisotopic (exact) mass is 879 g/mol. The number of ether oxygens (including phenoxy) is 9. The molecule has 0 amide bonds. The van der Waals surface area contributed by atoms with Crippen molar-refractivity contribution >= 4 is 50.2 Å². The van der Waals surface area contributed by atoms with Crippen LogP contribution < -0.4 is 44.4 Å². The summed E-state index contributed by atoms with van der Waals surface area (Å²) < 4.78 is 49.1. The maximum Gasteiger partial charge on any atom is 0.187 e. The Bertz CT molecular complexity index is 2520. The van der Waals surface area contributed by atoms with Gasteiger partial charge in [0, 0.05) is 36.0 Å². The molecule has 6 aromatic rings. The van der Waals surface area contributed by atoms with Gasteiger partial charge in [-0.15, -0.1) is 0 Å². The van der Waals surface area contributed by atoms with Crippen LogP contribution in [-0.4, -0.2) is 129 Å². The van der Waals surface area contributed by atoms with Crippen molar-refractivity contribution in [1.82, 2.24) is 29.9 Å². The Hall–Kier alpha value is -6.24. The van der Waals surface area contributed by atoms with Gasteiger partial charge >= 0.3 is 0 Å². The molecule has 3 unspecified atom stereocenters. The Morgan fingerprint density at radius 2 is 0.938 bits per heavy atom. The average molecular weight is 880 g/mol. The van der Waals surface area contributed by atoms with Crippen molar-refractivity contribution in [3.8, 4) is 34.5 Å². The number of nitrogens with zero attached hydrogens (tertiary/aromatic N) is 6. The van der Waals surface area contributed by atoms with Gasteiger partial charge in [0.25, 0.3) is 0 Å². The fourth-order valence-corrected chi connectivity index (χ4v) is 8.45. The van der Waals surface area contributed by atoms with E-state index < -0.39 is 0 Å². The number of fused-ring (bicyclic) bond motifs is 3. The summed E-state index contributed by atoms with van der Waals surface area (Å²) >= 11 is 0. The number of benzene rings is 3. The van der Waals surface area contributed by atoms with Crippen LogP contribution in [0.1, 0.15) is 39.0 Å². The van der Waals surface area contributed by atoms with Gasteiger partial charge < -0.3 is 58.6 Å². The van der Waals surface area contributed by atoms with E-state index in [0.717, 1.165) is 89.2 Å². The third kappa shape index (κ3) is 9.49. The second-order valence-electron chi connectivity index (χ2n) is 15.8. The Kier molecular flexibility index (Phi) is 14.2. The fraction of sp³-hybridized carbons (Fsp3) is 0.478. The highest BCUT2D eigenvalue weighted by Crippen LogP contribution is 2.42. The number of aromatic nitrogens is 6. The van der Waals surface area contributed by atoms with E-state index in [4.69, 9.17) is 42.6 Å². The van der Waals surface area contributed by atoms with E-state index >= 15 is 0 Å².